The molecule has 2 fully saturated rings. The molecule has 37 heavy (non-hydrogen) atoms. The lowest BCUT2D eigenvalue weighted by atomic mass is 9.89. The number of carbonyl (C=O) groups is 1. The van der Waals surface area contributed by atoms with Crippen LogP contribution in [0.25, 0.3) is 0 Å². The van der Waals surface area contributed by atoms with Crippen molar-refractivity contribution in [3.63, 3.8) is 0 Å². The molecule has 2 aromatic rings. The van der Waals surface area contributed by atoms with Crippen molar-refractivity contribution in [3.05, 3.63) is 65.2 Å². The second-order valence-corrected chi connectivity index (χ2v) is 10.4. The van der Waals surface area contributed by atoms with E-state index in [9.17, 15) is 22.4 Å². The van der Waals surface area contributed by atoms with Gasteiger partial charge in [-0.05, 0) is 99.3 Å². The Morgan fingerprint density at radius 2 is 1.92 bits per heavy atom. The molecule has 1 aromatic heterocycles. The van der Waals surface area contributed by atoms with Gasteiger partial charge in [-0.25, -0.2) is 4.39 Å². The molecule has 2 atom stereocenters. The minimum absolute atomic E-state index is 0.0552. The first kappa shape index (κ1) is 27.5. The second kappa shape index (κ2) is 11.5. The van der Waals surface area contributed by atoms with Crippen molar-refractivity contribution in [2.45, 2.75) is 76.2 Å². The summed E-state index contributed by atoms with van der Waals surface area (Å²) in [6, 6.07) is 6.58. The first-order chi connectivity index (χ1) is 17.6. The van der Waals surface area contributed by atoms with Crippen molar-refractivity contribution >= 4 is 5.91 Å². The van der Waals surface area contributed by atoms with E-state index in [0.717, 1.165) is 57.3 Å². The van der Waals surface area contributed by atoms with Crippen LogP contribution < -0.4 is 5.32 Å². The second-order valence-electron chi connectivity index (χ2n) is 10.4. The summed E-state index contributed by atoms with van der Waals surface area (Å²) in [5, 5.41) is 2.69. The topological polar surface area (TPSA) is 54.5 Å². The number of ether oxygens (including phenoxy) is 1. The van der Waals surface area contributed by atoms with E-state index in [1.807, 2.05) is 12.3 Å². The summed E-state index contributed by atoms with van der Waals surface area (Å²) in [6.45, 7) is 5.94. The first-order valence-electron chi connectivity index (χ1n) is 13.0. The molecule has 1 aliphatic heterocycles. The van der Waals surface area contributed by atoms with E-state index < -0.39 is 23.2 Å². The monoisotopic (exact) mass is 521 g/mol. The number of pyridine rings is 1. The zero-order valence-corrected chi connectivity index (χ0v) is 21.4. The van der Waals surface area contributed by atoms with Gasteiger partial charge in [-0.2, -0.15) is 13.2 Å². The molecule has 1 aromatic carbocycles. The summed E-state index contributed by atoms with van der Waals surface area (Å²) < 4.78 is 59.2. The Hall–Kier alpha value is -2.52. The van der Waals surface area contributed by atoms with Crippen LogP contribution in [0.4, 0.5) is 17.6 Å². The van der Waals surface area contributed by atoms with Crippen LogP contribution in [0.5, 0.6) is 0 Å². The predicted molar refractivity (Wildman–Crippen MR) is 132 cm³/mol. The van der Waals surface area contributed by atoms with Crippen LogP contribution in [-0.2, 0) is 22.3 Å². The van der Waals surface area contributed by atoms with Crippen LogP contribution in [0.3, 0.4) is 0 Å². The van der Waals surface area contributed by atoms with Crippen LogP contribution in [0.1, 0.15) is 68.6 Å². The Labute approximate surface area is 215 Å². The predicted octanol–water partition coefficient (Wildman–Crippen LogP) is 5.70. The minimum atomic E-state index is -4.66. The quantitative estimate of drug-likeness (QED) is 0.408. The van der Waals surface area contributed by atoms with Gasteiger partial charge in [-0.15, -0.1) is 0 Å². The van der Waals surface area contributed by atoms with E-state index in [4.69, 9.17) is 4.74 Å². The van der Waals surface area contributed by atoms with Gasteiger partial charge in [0.05, 0.1) is 12.2 Å². The normalized spacial score (nSPS) is 19.8. The number of alkyl halides is 3. The highest BCUT2D eigenvalue weighted by Crippen LogP contribution is 2.42. The lowest BCUT2D eigenvalue weighted by Gasteiger charge is -2.39. The highest BCUT2D eigenvalue weighted by molar-refractivity contribution is 5.85. The zero-order valence-electron chi connectivity index (χ0n) is 21.4. The van der Waals surface area contributed by atoms with E-state index in [2.05, 4.69) is 28.2 Å². The maximum Gasteiger partial charge on any atom is 0.416 e. The molecule has 2 aliphatic rings. The number of likely N-dealkylation sites (tertiary alicyclic amines) is 1. The van der Waals surface area contributed by atoms with Gasteiger partial charge in [-0.3, -0.25) is 14.7 Å². The molecule has 1 saturated heterocycles. The molecule has 0 bridgehead atoms. The number of carbonyl (C=O) groups excluding carboxylic acids is 1. The molecule has 1 N–H and O–H groups in total. The van der Waals surface area contributed by atoms with Crippen LogP contribution in [0.15, 0.2) is 42.7 Å². The summed E-state index contributed by atoms with van der Waals surface area (Å²) in [4.78, 5) is 19.9. The largest absolute Gasteiger partial charge is 0.416 e. The minimum Gasteiger partial charge on any atom is -0.364 e. The van der Waals surface area contributed by atoms with E-state index in [0.29, 0.717) is 18.6 Å². The average molecular weight is 522 g/mol. The maximum absolute atomic E-state index is 13.8. The van der Waals surface area contributed by atoms with E-state index >= 15 is 0 Å². The van der Waals surface area contributed by atoms with Gasteiger partial charge in [0, 0.05) is 25.0 Å². The highest BCUT2D eigenvalue weighted by atomic mass is 19.4. The molecule has 4 rings (SSSR count). The standard InChI is InChI=1S/C28H35F4N3O2/c1-3-25(35-11-8-20(9-12-35)21-5-4-10-33-17-21)18-37-27(2,22-6-7-22)26(36)34-16-19-13-23(28(30,31)32)15-24(29)14-19/h4-5,10,13-15,17,20,22,25H,3,6-9,11-12,16,18H2,1-2H3,(H,34,36)/t25?,27-/m0/s1. The van der Waals surface area contributed by atoms with Crippen LogP contribution in [0.2, 0.25) is 0 Å². The number of rotatable bonds is 10. The van der Waals surface area contributed by atoms with Crippen molar-refractivity contribution in [1.82, 2.24) is 15.2 Å². The zero-order chi connectivity index (χ0) is 26.6. The molecule has 1 saturated carbocycles. The van der Waals surface area contributed by atoms with Gasteiger partial charge in [0.1, 0.15) is 11.4 Å². The highest BCUT2D eigenvalue weighted by Gasteiger charge is 2.48. The Balaban J connectivity index is 1.34. The lowest BCUT2D eigenvalue weighted by molar-refractivity contribution is -0.151. The molecular formula is C28H35F4N3O2. The SMILES string of the molecule is CCC(CO[C@](C)(C(=O)NCc1cc(F)cc(C(F)(F)F)c1)C1CC1)N1CCC(c2cccnc2)CC1. The first-order valence-corrected chi connectivity index (χ1v) is 13.0. The Bertz CT molecular complexity index is 1050. The van der Waals surface area contributed by atoms with Crippen molar-refractivity contribution in [2.75, 3.05) is 19.7 Å². The maximum atomic E-state index is 13.8. The molecule has 2 heterocycles. The summed E-state index contributed by atoms with van der Waals surface area (Å²) in [7, 11) is 0. The van der Waals surface area contributed by atoms with Crippen molar-refractivity contribution in [3.8, 4) is 0 Å². The van der Waals surface area contributed by atoms with Crippen LogP contribution >= 0.6 is 0 Å². The molecule has 5 nitrogen and oxygen atoms in total. The third kappa shape index (κ3) is 6.87. The van der Waals surface area contributed by atoms with Gasteiger partial charge < -0.3 is 10.1 Å². The molecular weight excluding hydrogens is 486 g/mol. The Morgan fingerprint density at radius 3 is 2.51 bits per heavy atom. The molecule has 0 radical (unpaired) electrons. The van der Waals surface area contributed by atoms with Crippen LogP contribution in [-0.4, -0.2) is 47.1 Å². The fraction of sp³-hybridized carbons (Fsp3) is 0.571. The van der Waals surface area contributed by atoms with Crippen LogP contribution in [0, 0.1) is 11.7 Å². The fourth-order valence-electron chi connectivity index (χ4n) is 5.24. The number of aromatic nitrogens is 1. The smallest absolute Gasteiger partial charge is 0.364 e. The summed E-state index contributed by atoms with van der Waals surface area (Å²) in [5.41, 5.74) is -0.829. The number of nitrogens with one attached hydrogen (secondary N) is 1. The van der Waals surface area contributed by atoms with Gasteiger partial charge in [-0.1, -0.05) is 13.0 Å². The fourth-order valence-corrected chi connectivity index (χ4v) is 5.24. The molecule has 1 unspecified atom stereocenters. The lowest BCUT2D eigenvalue weighted by Crippen LogP contribution is -2.51. The number of halogens is 4. The number of hydrogen-bond acceptors (Lipinski definition) is 4. The molecule has 1 amide bonds. The number of benzene rings is 1. The third-order valence-corrected chi connectivity index (χ3v) is 7.79. The van der Waals surface area contributed by atoms with E-state index in [1.165, 1.54) is 5.56 Å². The van der Waals surface area contributed by atoms with Gasteiger partial charge in [0.2, 0.25) is 0 Å². The van der Waals surface area contributed by atoms with Gasteiger partial charge in [0.15, 0.2) is 0 Å². The summed E-state index contributed by atoms with van der Waals surface area (Å²) in [5.74, 6) is -0.817. The van der Waals surface area contributed by atoms with Gasteiger partial charge >= 0.3 is 6.18 Å². The van der Waals surface area contributed by atoms with E-state index in [-0.39, 0.29) is 30.0 Å². The molecule has 9 heteroatoms. The van der Waals surface area contributed by atoms with Crippen molar-refractivity contribution in [2.24, 2.45) is 5.92 Å². The number of hydrogen-bond donors (Lipinski definition) is 1. The van der Waals surface area contributed by atoms with Crippen molar-refractivity contribution < 1.29 is 27.1 Å². The molecule has 1 aliphatic carbocycles. The number of amides is 1. The summed E-state index contributed by atoms with van der Waals surface area (Å²) in [6.07, 6.45) is 3.73. The summed E-state index contributed by atoms with van der Waals surface area (Å²) >= 11 is 0. The van der Waals surface area contributed by atoms with Crippen molar-refractivity contribution in [1.29, 1.82) is 0 Å². The molecule has 0 spiro atoms. The Morgan fingerprint density at radius 1 is 1.19 bits per heavy atom. The molecule has 202 valence electrons. The average Bonchev–Trinajstić information content (AvgIpc) is 3.74. The number of piperidine rings is 1. The Kier molecular flexibility index (Phi) is 8.53. The van der Waals surface area contributed by atoms with E-state index in [1.54, 1.807) is 13.1 Å². The third-order valence-electron chi connectivity index (χ3n) is 7.79. The van der Waals surface area contributed by atoms with Gasteiger partial charge in [0.25, 0.3) is 5.91 Å². The number of nitrogens with zero attached hydrogens (tertiary/aromatic N) is 2.